The van der Waals surface area contributed by atoms with Crippen LogP contribution in [0.25, 0.3) is 0 Å². The lowest BCUT2D eigenvalue weighted by atomic mass is 9.99. The molecule has 28 heavy (non-hydrogen) atoms. The highest BCUT2D eigenvalue weighted by Crippen LogP contribution is 2.27. The van der Waals surface area contributed by atoms with Gasteiger partial charge in [-0.15, -0.1) is 0 Å². The van der Waals surface area contributed by atoms with Gasteiger partial charge in [0, 0.05) is 25.0 Å². The van der Waals surface area contributed by atoms with Crippen LogP contribution in [0.15, 0.2) is 42.5 Å². The number of benzene rings is 2. The molecular weight excluding hydrogens is 350 g/mol. The Balaban J connectivity index is 1.59. The topological polar surface area (TPSA) is 52.7 Å². The Morgan fingerprint density at radius 2 is 1.96 bits per heavy atom. The van der Waals surface area contributed by atoms with Crippen LogP contribution in [0.2, 0.25) is 0 Å². The molecule has 5 nitrogen and oxygen atoms in total. The summed E-state index contributed by atoms with van der Waals surface area (Å²) < 4.78 is 0. The molecule has 2 aromatic carbocycles. The highest BCUT2D eigenvalue weighted by atomic mass is 16.2. The second-order valence-corrected chi connectivity index (χ2v) is 7.47. The zero-order valence-corrected chi connectivity index (χ0v) is 17.0. The van der Waals surface area contributed by atoms with Crippen LogP contribution >= 0.6 is 0 Å². The summed E-state index contributed by atoms with van der Waals surface area (Å²) in [6.45, 7) is 5.36. The fraction of sp³-hybridized carbons (Fsp3) is 0.391. The molecule has 0 bridgehead atoms. The first-order chi connectivity index (χ1) is 13.5. The van der Waals surface area contributed by atoms with Gasteiger partial charge in [-0.2, -0.15) is 0 Å². The van der Waals surface area contributed by atoms with Gasteiger partial charge < -0.3 is 15.1 Å². The van der Waals surface area contributed by atoms with Gasteiger partial charge in [-0.25, -0.2) is 0 Å². The molecule has 0 aliphatic carbocycles. The molecule has 1 heterocycles. The molecule has 0 saturated heterocycles. The molecule has 0 aromatic heterocycles. The van der Waals surface area contributed by atoms with Gasteiger partial charge >= 0.3 is 0 Å². The van der Waals surface area contributed by atoms with Crippen LogP contribution in [0, 0.1) is 6.92 Å². The molecule has 0 radical (unpaired) electrons. The minimum atomic E-state index is -0.175. The van der Waals surface area contributed by atoms with Crippen molar-refractivity contribution in [2.24, 2.45) is 0 Å². The molecule has 0 saturated carbocycles. The fourth-order valence-electron chi connectivity index (χ4n) is 3.70. The molecule has 0 atom stereocenters. The number of aryl methyl sites for hydroxylation is 3. The van der Waals surface area contributed by atoms with E-state index in [4.69, 9.17) is 0 Å². The summed E-state index contributed by atoms with van der Waals surface area (Å²) in [7, 11) is 1.69. The maximum atomic E-state index is 12.7. The minimum Gasteiger partial charge on any atom is -0.362 e. The maximum absolute atomic E-state index is 12.7. The Kier molecular flexibility index (Phi) is 6.34. The summed E-state index contributed by atoms with van der Waals surface area (Å²) in [6.07, 6.45) is 2.94. The van der Waals surface area contributed by atoms with Crippen LogP contribution in [0.1, 0.15) is 30.0 Å². The molecule has 1 aliphatic heterocycles. The van der Waals surface area contributed by atoms with Gasteiger partial charge in [-0.1, -0.05) is 42.8 Å². The van der Waals surface area contributed by atoms with Crippen molar-refractivity contribution in [3.8, 4) is 0 Å². The van der Waals surface area contributed by atoms with E-state index in [0.717, 1.165) is 42.7 Å². The molecule has 1 N–H and O–H groups in total. The summed E-state index contributed by atoms with van der Waals surface area (Å²) in [5, 5.41) is 2.93. The minimum absolute atomic E-state index is 0.0471. The van der Waals surface area contributed by atoms with Gasteiger partial charge in [0.05, 0.1) is 13.1 Å². The summed E-state index contributed by atoms with van der Waals surface area (Å²) in [4.78, 5) is 28.7. The zero-order chi connectivity index (χ0) is 20.1. The van der Waals surface area contributed by atoms with E-state index >= 15 is 0 Å². The van der Waals surface area contributed by atoms with Crippen LogP contribution in [0.5, 0.6) is 0 Å². The Hall–Kier alpha value is -2.82. The molecule has 2 aromatic rings. The van der Waals surface area contributed by atoms with Gasteiger partial charge in [0.2, 0.25) is 11.8 Å². The molecule has 0 fully saturated rings. The molecule has 0 unspecified atom stereocenters. The molecular formula is C23H29N3O2. The Labute approximate surface area is 167 Å². The Morgan fingerprint density at radius 1 is 1.18 bits per heavy atom. The van der Waals surface area contributed by atoms with Crippen LogP contribution in [-0.4, -0.2) is 43.4 Å². The number of carbonyl (C=O) groups is 2. The number of hydrogen-bond donors (Lipinski definition) is 1. The van der Waals surface area contributed by atoms with Gasteiger partial charge in [0.15, 0.2) is 0 Å². The van der Waals surface area contributed by atoms with E-state index in [1.807, 2.05) is 24.3 Å². The molecule has 0 spiro atoms. The second-order valence-electron chi connectivity index (χ2n) is 7.47. The fourth-order valence-corrected chi connectivity index (χ4v) is 3.70. The molecule has 1 aliphatic rings. The van der Waals surface area contributed by atoms with Crippen molar-refractivity contribution in [3.05, 3.63) is 59.2 Å². The number of rotatable bonds is 6. The summed E-state index contributed by atoms with van der Waals surface area (Å²) in [6, 6.07) is 14.1. The third-order valence-corrected chi connectivity index (χ3v) is 5.25. The number of nitrogens with zero attached hydrogens (tertiary/aromatic N) is 2. The highest BCUT2D eigenvalue weighted by molar-refractivity contribution is 5.95. The molecule has 3 rings (SSSR count). The van der Waals surface area contributed by atoms with E-state index in [1.165, 1.54) is 16.0 Å². The lowest BCUT2D eigenvalue weighted by molar-refractivity contribution is -0.132. The first kappa shape index (κ1) is 19.9. The van der Waals surface area contributed by atoms with Crippen LogP contribution in [0.3, 0.4) is 0 Å². The Morgan fingerprint density at radius 3 is 2.75 bits per heavy atom. The normalized spacial score (nSPS) is 13.0. The third-order valence-electron chi connectivity index (χ3n) is 5.25. The maximum Gasteiger partial charge on any atom is 0.243 e. The van der Waals surface area contributed by atoms with E-state index in [-0.39, 0.29) is 18.4 Å². The first-order valence-corrected chi connectivity index (χ1v) is 9.94. The van der Waals surface area contributed by atoms with Crippen molar-refractivity contribution in [2.75, 3.05) is 36.9 Å². The monoisotopic (exact) mass is 379 g/mol. The van der Waals surface area contributed by atoms with E-state index < -0.39 is 0 Å². The van der Waals surface area contributed by atoms with E-state index in [2.05, 4.69) is 42.3 Å². The van der Waals surface area contributed by atoms with Crippen molar-refractivity contribution in [2.45, 2.75) is 33.1 Å². The van der Waals surface area contributed by atoms with Crippen molar-refractivity contribution in [1.82, 2.24) is 4.90 Å². The lowest BCUT2D eigenvalue weighted by Crippen LogP contribution is -2.43. The lowest BCUT2D eigenvalue weighted by Gasteiger charge is -2.32. The number of likely N-dealkylation sites (N-methyl/N-ethyl adjacent to an activating group) is 1. The number of carbonyl (C=O) groups excluding carboxylic acids is 2. The predicted molar refractivity (Wildman–Crippen MR) is 114 cm³/mol. The van der Waals surface area contributed by atoms with E-state index in [9.17, 15) is 9.59 Å². The predicted octanol–water partition coefficient (Wildman–Crippen LogP) is 3.41. The Bertz CT molecular complexity index is 863. The third kappa shape index (κ3) is 4.71. The number of para-hydroxylation sites is 1. The summed E-state index contributed by atoms with van der Waals surface area (Å²) in [5.41, 5.74) is 5.59. The number of amides is 2. The van der Waals surface area contributed by atoms with Gasteiger partial charge in [-0.05, 0) is 49.4 Å². The molecule has 148 valence electrons. The van der Waals surface area contributed by atoms with Crippen molar-refractivity contribution in [1.29, 1.82) is 0 Å². The van der Waals surface area contributed by atoms with Crippen molar-refractivity contribution < 1.29 is 9.59 Å². The zero-order valence-electron chi connectivity index (χ0n) is 17.0. The number of anilines is 2. The van der Waals surface area contributed by atoms with Crippen LogP contribution < -0.4 is 10.2 Å². The molecule has 5 heteroatoms. The van der Waals surface area contributed by atoms with Crippen molar-refractivity contribution in [3.63, 3.8) is 0 Å². The standard InChI is InChI=1S/C23H29N3O2/c1-4-18-8-5-6-10-20(18)24-22(27)15-25(3)23(28)16-26-13-7-9-19-14-17(2)11-12-21(19)26/h5-6,8,10-12,14H,4,7,9,13,15-16H2,1-3H3,(H,24,27). The van der Waals surface area contributed by atoms with Gasteiger partial charge in [0.25, 0.3) is 0 Å². The van der Waals surface area contributed by atoms with E-state index in [1.54, 1.807) is 7.05 Å². The molecule has 2 amide bonds. The van der Waals surface area contributed by atoms with Crippen LogP contribution in [0.4, 0.5) is 11.4 Å². The average molecular weight is 380 g/mol. The smallest absolute Gasteiger partial charge is 0.243 e. The second kappa shape index (κ2) is 8.91. The quantitative estimate of drug-likeness (QED) is 0.837. The first-order valence-electron chi connectivity index (χ1n) is 9.94. The van der Waals surface area contributed by atoms with Crippen LogP contribution in [-0.2, 0) is 22.4 Å². The van der Waals surface area contributed by atoms with E-state index in [0.29, 0.717) is 6.54 Å². The van der Waals surface area contributed by atoms with Gasteiger partial charge in [-0.3, -0.25) is 9.59 Å². The number of nitrogens with one attached hydrogen (secondary N) is 1. The SMILES string of the molecule is CCc1ccccc1NC(=O)CN(C)C(=O)CN1CCCc2cc(C)ccc21. The number of fused-ring (bicyclic) bond motifs is 1. The largest absolute Gasteiger partial charge is 0.362 e. The number of hydrogen-bond acceptors (Lipinski definition) is 3. The highest BCUT2D eigenvalue weighted by Gasteiger charge is 2.21. The van der Waals surface area contributed by atoms with Gasteiger partial charge in [0.1, 0.15) is 0 Å². The van der Waals surface area contributed by atoms with Crippen molar-refractivity contribution >= 4 is 23.2 Å². The summed E-state index contributed by atoms with van der Waals surface area (Å²) in [5.74, 6) is -0.223. The average Bonchev–Trinajstić information content (AvgIpc) is 2.68. The summed E-state index contributed by atoms with van der Waals surface area (Å²) >= 11 is 0.